The van der Waals surface area contributed by atoms with E-state index >= 15 is 0 Å². The number of carbonyl (C=O) groups excluding carboxylic acids is 1. The van der Waals surface area contributed by atoms with E-state index in [9.17, 15) is 9.90 Å². The van der Waals surface area contributed by atoms with Crippen LogP contribution in [0.3, 0.4) is 0 Å². The van der Waals surface area contributed by atoms with Crippen LogP contribution in [0.4, 0.5) is 0 Å². The zero-order valence-electron chi connectivity index (χ0n) is 17.0. The van der Waals surface area contributed by atoms with Gasteiger partial charge in [-0.1, -0.05) is 0 Å². The van der Waals surface area contributed by atoms with E-state index < -0.39 is 0 Å². The van der Waals surface area contributed by atoms with Gasteiger partial charge in [-0.15, -0.1) is 11.3 Å². The second kappa shape index (κ2) is 9.25. The number of nitrogens with zero attached hydrogens (tertiary/aromatic N) is 5. The van der Waals surface area contributed by atoms with Gasteiger partial charge in [0.05, 0.1) is 36.4 Å². The molecule has 154 valence electrons. The molecule has 1 amide bonds. The molecule has 3 aromatic rings. The van der Waals surface area contributed by atoms with Crippen molar-refractivity contribution in [2.45, 2.75) is 27.4 Å². The summed E-state index contributed by atoms with van der Waals surface area (Å²) in [7, 11) is 1.56. The number of aromatic nitrogens is 4. The summed E-state index contributed by atoms with van der Waals surface area (Å²) in [6.45, 7) is 6.83. The monoisotopic (exact) mass is 415 g/mol. The number of methoxy groups -OCH3 is 1. The van der Waals surface area contributed by atoms with Gasteiger partial charge in [-0.05, 0) is 32.9 Å². The van der Waals surface area contributed by atoms with Crippen LogP contribution in [-0.2, 0) is 11.3 Å². The van der Waals surface area contributed by atoms with E-state index in [0.29, 0.717) is 23.8 Å². The van der Waals surface area contributed by atoms with Crippen LogP contribution >= 0.6 is 11.3 Å². The molecule has 3 rings (SSSR count). The SMILES string of the molecule is CCN(CCO)C(=O)c1cnn(-c2nccc(-c3cc(C)sc3C)n2)c1COC. The summed E-state index contributed by atoms with van der Waals surface area (Å²) in [4.78, 5) is 25.9. The van der Waals surface area contributed by atoms with Crippen LogP contribution in [0.15, 0.2) is 24.5 Å². The molecule has 0 saturated heterocycles. The van der Waals surface area contributed by atoms with Gasteiger partial charge in [0.2, 0.25) is 0 Å². The van der Waals surface area contributed by atoms with Gasteiger partial charge >= 0.3 is 0 Å². The summed E-state index contributed by atoms with van der Waals surface area (Å²) in [6, 6.07) is 3.97. The molecule has 0 aliphatic rings. The third kappa shape index (κ3) is 4.36. The fourth-order valence-corrected chi connectivity index (χ4v) is 4.11. The fourth-order valence-electron chi connectivity index (χ4n) is 3.18. The zero-order chi connectivity index (χ0) is 21.0. The smallest absolute Gasteiger partial charge is 0.257 e. The minimum absolute atomic E-state index is 0.0993. The Morgan fingerprint density at radius 3 is 2.79 bits per heavy atom. The third-order valence-corrected chi connectivity index (χ3v) is 5.53. The van der Waals surface area contributed by atoms with Crippen molar-refractivity contribution in [3.63, 3.8) is 0 Å². The summed E-state index contributed by atoms with van der Waals surface area (Å²) < 4.78 is 6.86. The minimum Gasteiger partial charge on any atom is -0.395 e. The standard InChI is InChI=1S/C20H25N5O3S/c1-5-24(8-9-26)19(27)16-11-22-25(18(16)12-28-4)20-21-7-6-17(23-20)15-10-13(2)29-14(15)3/h6-7,10-11,26H,5,8-9,12H2,1-4H3. The minimum atomic E-state index is -0.208. The summed E-state index contributed by atoms with van der Waals surface area (Å²) in [5.41, 5.74) is 2.86. The third-order valence-electron chi connectivity index (χ3n) is 4.57. The van der Waals surface area contributed by atoms with Gasteiger partial charge in [-0.3, -0.25) is 4.79 Å². The second-order valence-corrected chi connectivity index (χ2v) is 7.99. The van der Waals surface area contributed by atoms with E-state index in [1.165, 1.54) is 16.0 Å². The van der Waals surface area contributed by atoms with Crippen molar-refractivity contribution in [2.24, 2.45) is 0 Å². The first-order valence-electron chi connectivity index (χ1n) is 9.36. The average Bonchev–Trinajstić information content (AvgIpc) is 3.28. The van der Waals surface area contributed by atoms with E-state index in [2.05, 4.69) is 35.0 Å². The van der Waals surface area contributed by atoms with Crippen LogP contribution in [0, 0.1) is 13.8 Å². The molecular weight excluding hydrogens is 390 g/mol. The number of thiophene rings is 1. The van der Waals surface area contributed by atoms with Crippen molar-refractivity contribution in [1.29, 1.82) is 0 Å². The van der Waals surface area contributed by atoms with Gasteiger partial charge in [0.15, 0.2) is 0 Å². The number of amides is 1. The highest BCUT2D eigenvalue weighted by molar-refractivity contribution is 7.12. The molecule has 9 heteroatoms. The van der Waals surface area contributed by atoms with E-state index in [1.54, 1.807) is 34.2 Å². The van der Waals surface area contributed by atoms with Gasteiger partial charge < -0.3 is 14.7 Å². The molecule has 0 saturated carbocycles. The Hall–Kier alpha value is -2.62. The number of likely N-dealkylation sites (N-methyl/N-ethyl adjacent to an activating group) is 1. The predicted octanol–water partition coefficient (Wildman–Crippen LogP) is 2.61. The number of aliphatic hydroxyl groups excluding tert-OH is 1. The van der Waals surface area contributed by atoms with Crippen molar-refractivity contribution in [3.05, 3.63) is 45.5 Å². The number of hydrogen-bond acceptors (Lipinski definition) is 7. The van der Waals surface area contributed by atoms with Crippen LogP contribution < -0.4 is 0 Å². The van der Waals surface area contributed by atoms with Crippen molar-refractivity contribution in [1.82, 2.24) is 24.6 Å². The summed E-state index contributed by atoms with van der Waals surface area (Å²) in [5.74, 6) is 0.169. The lowest BCUT2D eigenvalue weighted by Crippen LogP contribution is -2.33. The molecule has 0 atom stereocenters. The van der Waals surface area contributed by atoms with Gasteiger partial charge in [0.25, 0.3) is 11.9 Å². The van der Waals surface area contributed by atoms with Gasteiger partial charge in [0, 0.05) is 41.7 Å². The fraction of sp³-hybridized carbons (Fsp3) is 0.400. The lowest BCUT2D eigenvalue weighted by Gasteiger charge is -2.19. The van der Waals surface area contributed by atoms with E-state index in [-0.39, 0.29) is 25.7 Å². The molecule has 8 nitrogen and oxygen atoms in total. The Kier molecular flexibility index (Phi) is 6.73. The molecule has 0 bridgehead atoms. The normalized spacial score (nSPS) is 11.1. The summed E-state index contributed by atoms with van der Waals surface area (Å²) in [6.07, 6.45) is 3.20. The van der Waals surface area contributed by atoms with Crippen molar-refractivity contribution in [2.75, 3.05) is 26.8 Å². The van der Waals surface area contributed by atoms with Crippen LogP contribution in [0.2, 0.25) is 0 Å². The van der Waals surface area contributed by atoms with Crippen LogP contribution in [-0.4, -0.2) is 62.5 Å². The maximum Gasteiger partial charge on any atom is 0.257 e. The van der Waals surface area contributed by atoms with E-state index in [4.69, 9.17) is 4.74 Å². The van der Waals surface area contributed by atoms with Gasteiger partial charge in [-0.25, -0.2) is 9.97 Å². The molecule has 0 spiro atoms. The molecule has 29 heavy (non-hydrogen) atoms. The maximum absolute atomic E-state index is 12.9. The second-order valence-electron chi connectivity index (χ2n) is 6.53. The number of aryl methyl sites for hydroxylation is 2. The molecule has 1 N–H and O–H groups in total. The Labute approximate surface area is 173 Å². The molecule has 0 radical (unpaired) electrons. The maximum atomic E-state index is 12.9. The Bertz CT molecular complexity index is 998. The molecule has 0 unspecified atom stereocenters. The number of ether oxygens (including phenoxy) is 1. The first-order chi connectivity index (χ1) is 14.0. The summed E-state index contributed by atoms with van der Waals surface area (Å²) in [5, 5.41) is 13.6. The van der Waals surface area contributed by atoms with Crippen molar-refractivity contribution in [3.8, 4) is 17.2 Å². The van der Waals surface area contributed by atoms with Crippen molar-refractivity contribution >= 4 is 17.2 Å². The highest BCUT2D eigenvalue weighted by atomic mass is 32.1. The Morgan fingerprint density at radius 2 is 2.17 bits per heavy atom. The van der Waals surface area contributed by atoms with E-state index in [1.807, 2.05) is 13.0 Å². The molecule has 0 aromatic carbocycles. The first kappa shape index (κ1) is 21.1. The highest BCUT2D eigenvalue weighted by Gasteiger charge is 2.23. The van der Waals surface area contributed by atoms with Crippen molar-refractivity contribution < 1.29 is 14.6 Å². The Balaban J connectivity index is 2.03. The number of hydrogen-bond donors (Lipinski definition) is 1. The summed E-state index contributed by atoms with van der Waals surface area (Å²) >= 11 is 1.72. The number of carbonyl (C=O) groups is 1. The highest BCUT2D eigenvalue weighted by Crippen LogP contribution is 2.29. The largest absolute Gasteiger partial charge is 0.395 e. The van der Waals surface area contributed by atoms with Crippen LogP contribution in [0.25, 0.3) is 17.2 Å². The molecule has 0 fully saturated rings. The van der Waals surface area contributed by atoms with Crippen LogP contribution in [0.5, 0.6) is 0 Å². The molecule has 0 aliphatic heterocycles. The molecule has 0 aliphatic carbocycles. The predicted molar refractivity (Wildman–Crippen MR) is 111 cm³/mol. The van der Waals surface area contributed by atoms with Crippen LogP contribution in [0.1, 0.15) is 32.7 Å². The average molecular weight is 416 g/mol. The topological polar surface area (TPSA) is 93.4 Å². The molecule has 3 aromatic heterocycles. The Morgan fingerprint density at radius 1 is 1.38 bits per heavy atom. The van der Waals surface area contributed by atoms with Gasteiger partial charge in [0.1, 0.15) is 0 Å². The zero-order valence-corrected chi connectivity index (χ0v) is 17.9. The lowest BCUT2D eigenvalue weighted by molar-refractivity contribution is 0.0727. The van der Waals surface area contributed by atoms with E-state index in [0.717, 1.165) is 11.3 Å². The van der Waals surface area contributed by atoms with Gasteiger partial charge in [-0.2, -0.15) is 9.78 Å². The molecule has 3 heterocycles. The quantitative estimate of drug-likeness (QED) is 0.608. The lowest BCUT2D eigenvalue weighted by atomic mass is 10.2. The number of aliphatic hydroxyl groups is 1. The first-order valence-corrected chi connectivity index (χ1v) is 10.2. The number of rotatable bonds is 8. The molecular formula is C20H25N5O3S.